The van der Waals surface area contributed by atoms with Gasteiger partial charge in [0.05, 0.1) is 17.4 Å². The first-order chi connectivity index (χ1) is 17.5. The molecular weight excluding hydrogens is 545 g/mol. The number of rotatable bonds is 10. The Bertz CT molecular complexity index is 1160. The lowest BCUT2D eigenvalue weighted by Gasteiger charge is -2.23. The van der Waals surface area contributed by atoms with Crippen molar-refractivity contribution in [2.75, 3.05) is 26.7 Å². The van der Waals surface area contributed by atoms with Gasteiger partial charge in [-0.15, -0.1) is 0 Å². The minimum atomic E-state index is -4.50. The molecule has 4 atom stereocenters. The van der Waals surface area contributed by atoms with Crippen molar-refractivity contribution in [3.05, 3.63) is 27.4 Å². The lowest BCUT2D eigenvalue weighted by atomic mass is 9.98. The summed E-state index contributed by atoms with van der Waals surface area (Å²) in [7, 11) is -4.50. The fraction of sp³-hybridized carbons (Fsp3) is 0.727. The number of nitrogens with one attached hydrogen (secondary N) is 2. The lowest BCUT2D eigenvalue weighted by molar-refractivity contribution is -0.163. The van der Waals surface area contributed by atoms with E-state index in [9.17, 15) is 24.1 Å². The Hall–Kier alpha value is -1.97. The third kappa shape index (κ3) is 7.16. The minimum Gasteiger partial charge on any atom is -0.437 e. The van der Waals surface area contributed by atoms with Crippen molar-refractivity contribution in [3.8, 4) is 0 Å². The smallest absolute Gasteiger partial charge is 0.437 e. The average Bonchev–Trinajstić information content (AvgIpc) is 3.55. The summed E-state index contributed by atoms with van der Waals surface area (Å²) in [6.07, 6.45) is -1.73. The number of phosphoric acid groups is 1. The van der Waals surface area contributed by atoms with Crippen LogP contribution in [0.5, 0.6) is 0 Å². The minimum absolute atomic E-state index is 0.233. The molecular formula is C22H34N3O11PS. The molecule has 0 saturated carbocycles. The summed E-state index contributed by atoms with van der Waals surface area (Å²) in [6.45, 7) is 8.01. The maximum atomic E-state index is 13.3. The number of aromatic nitrogens is 2. The van der Waals surface area contributed by atoms with Crippen LogP contribution in [0, 0.1) is 15.5 Å². The van der Waals surface area contributed by atoms with E-state index in [4.69, 9.17) is 40.0 Å². The number of aliphatic hydroxyl groups is 1. The highest BCUT2D eigenvalue weighted by Crippen LogP contribution is 2.51. The normalized spacial score (nSPS) is 25.4. The summed E-state index contributed by atoms with van der Waals surface area (Å²) in [4.78, 5) is 39.0. The largest absolute Gasteiger partial charge is 0.480 e. The Kier molecular flexibility index (Phi) is 9.06. The molecule has 2 unspecified atom stereocenters. The molecule has 0 aliphatic carbocycles. The van der Waals surface area contributed by atoms with Gasteiger partial charge in [0.25, 0.3) is 0 Å². The van der Waals surface area contributed by atoms with Crippen LogP contribution < -0.4 is 11.0 Å². The van der Waals surface area contributed by atoms with Gasteiger partial charge in [0.2, 0.25) is 13.6 Å². The highest BCUT2D eigenvalue weighted by molar-refractivity contribution is 7.71. The van der Waals surface area contributed by atoms with Crippen molar-refractivity contribution >= 4 is 32.0 Å². The molecule has 0 amide bonds. The van der Waals surface area contributed by atoms with Gasteiger partial charge >= 0.3 is 25.5 Å². The summed E-state index contributed by atoms with van der Waals surface area (Å²) < 4.78 is 46.2. The fourth-order valence-electron chi connectivity index (χ4n) is 3.38. The number of hydrogen-bond donors (Lipinski definition) is 3. The van der Waals surface area contributed by atoms with Gasteiger partial charge < -0.3 is 24.6 Å². The summed E-state index contributed by atoms with van der Waals surface area (Å²) >= 11 is 4.96. The highest BCUT2D eigenvalue weighted by atomic mass is 32.1. The van der Waals surface area contributed by atoms with Crippen LogP contribution >= 0.6 is 20.0 Å². The van der Waals surface area contributed by atoms with E-state index in [1.54, 1.807) is 41.5 Å². The molecule has 3 N–H and O–H groups in total. The third-order valence-electron chi connectivity index (χ3n) is 5.74. The Labute approximate surface area is 224 Å². The Balaban J connectivity index is 1.69. The van der Waals surface area contributed by atoms with Gasteiger partial charge in [0.15, 0.2) is 6.23 Å². The second-order valence-corrected chi connectivity index (χ2v) is 13.1. The molecule has 214 valence electrons. The molecule has 2 fully saturated rings. The van der Waals surface area contributed by atoms with Gasteiger partial charge in [0, 0.05) is 12.7 Å². The number of nitrogens with zero attached hydrogens (tertiary/aromatic N) is 1. The molecule has 1 aromatic rings. The summed E-state index contributed by atoms with van der Waals surface area (Å²) in [5.41, 5.74) is -3.22. The van der Waals surface area contributed by atoms with E-state index in [0.29, 0.717) is 6.54 Å². The van der Waals surface area contributed by atoms with E-state index in [1.165, 1.54) is 16.8 Å². The van der Waals surface area contributed by atoms with Crippen LogP contribution in [0.3, 0.4) is 0 Å². The molecule has 0 radical (unpaired) electrons. The van der Waals surface area contributed by atoms with E-state index >= 15 is 0 Å². The van der Waals surface area contributed by atoms with Crippen molar-refractivity contribution in [1.82, 2.24) is 14.9 Å². The Morgan fingerprint density at radius 3 is 2.11 bits per heavy atom. The second-order valence-electron chi connectivity index (χ2n) is 11.0. The lowest BCUT2D eigenvalue weighted by Crippen LogP contribution is -2.41. The highest BCUT2D eigenvalue weighted by Gasteiger charge is 2.65. The average molecular weight is 580 g/mol. The van der Waals surface area contributed by atoms with Crippen LogP contribution in [-0.2, 0) is 41.9 Å². The van der Waals surface area contributed by atoms with E-state index in [-0.39, 0.29) is 4.64 Å². The van der Waals surface area contributed by atoms with Crippen molar-refractivity contribution < 1.29 is 47.0 Å². The number of phosphoric ester groups is 1. The number of ether oxygens (including phenoxy) is 3. The second kappa shape index (κ2) is 11.3. The summed E-state index contributed by atoms with van der Waals surface area (Å²) in [6, 6.07) is 1.50. The summed E-state index contributed by atoms with van der Waals surface area (Å²) in [5, 5.41) is 13.9. The van der Waals surface area contributed by atoms with Gasteiger partial charge in [-0.3, -0.25) is 23.7 Å². The van der Waals surface area contributed by atoms with Crippen LogP contribution in [-0.4, -0.2) is 71.1 Å². The SMILES string of the molecule is CC(C)(C)C(=O)OCOP(=O)(OCOC(=O)C(C)(C)C)OC[C@H]1OC(n2ccc(=S)[nH]c2=O)[C@]2(CN2)C1O. The Morgan fingerprint density at radius 1 is 1.13 bits per heavy atom. The molecule has 2 aliphatic rings. The van der Waals surface area contributed by atoms with Crippen molar-refractivity contribution in [2.45, 2.75) is 65.5 Å². The van der Waals surface area contributed by atoms with Crippen molar-refractivity contribution in [1.29, 1.82) is 0 Å². The number of esters is 2. The zero-order valence-corrected chi connectivity index (χ0v) is 23.8. The van der Waals surface area contributed by atoms with Crippen LogP contribution in [0.25, 0.3) is 0 Å². The zero-order chi connectivity index (χ0) is 28.5. The predicted octanol–water partition coefficient (Wildman–Crippen LogP) is 1.76. The van der Waals surface area contributed by atoms with Crippen LogP contribution in [0.1, 0.15) is 47.8 Å². The van der Waals surface area contributed by atoms with Crippen LogP contribution in [0.15, 0.2) is 17.1 Å². The number of carbonyl (C=O) groups excluding carboxylic acids is 2. The number of carbonyl (C=O) groups is 2. The van der Waals surface area contributed by atoms with Crippen molar-refractivity contribution in [2.24, 2.45) is 10.8 Å². The van der Waals surface area contributed by atoms with Gasteiger partial charge in [-0.1, -0.05) is 12.2 Å². The number of hydrogen-bond acceptors (Lipinski definition) is 13. The van der Waals surface area contributed by atoms with E-state index in [1.807, 2.05) is 0 Å². The van der Waals surface area contributed by atoms with Crippen molar-refractivity contribution in [3.63, 3.8) is 0 Å². The van der Waals surface area contributed by atoms with E-state index < -0.39 is 80.4 Å². The first-order valence-corrected chi connectivity index (χ1v) is 13.6. The zero-order valence-electron chi connectivity index (χ0n) is 22.0. The molecule has 2 saturated heterocycles. The maximum Gasteiger partial charge on any atom is 0.480 e. The molecule has 38 heavy (non-hydrogen) atoms. The molecule has 3 heterocycles. The van der Waals surface area contributed by atoms with Gasteiger partial charge in [-0.25, -0.2) is 18.4 Å². The first-order valence-electron chi connectivity index (χ1n) is 11.8. The molecule has 0 aromatic carbocycles. The molecule has 14 nitrogen and oxygen atoms in total. The molecule has 3 rings (SSSR count). The summed E-state index contributed by atoms with van der Waals surface area (Å²) in [5.74, 6) is -1.26. The standard InChI is InChI=1S/C22H34N3O11PS/c1-20(2,3)17(27)31-11-34-37(30,35-12-32-18(28)21(4,5)6)33-9-13-15(26)22(10-23-22)16(36-13)25-8-7-14(38)24-19(25)29/h7-8,13,15-16,23,26H,9-12H2,1-6H3,(H,24,29,38)/t13-,15?,16?,22+/m1/s1. The topological polar surface area (TPSA) is 187 Å². The first kappa shape index (κ1) is 30.6. The Morgan fingerprint density at radius 2 is 1.66 bits per heavy atom. The van der Waals surface area contributed by atoms with Crippen LogP contribution in [0.4, 0.5) is 0 Å². The van der Waals surface area contributed by atoms with E-state index in [0.717, 1.165) is 0 Å². The number of H-pyrrole nitrogens is 1. The quantitative estimate of drug-likeness (QED) is 0.120. The van der Waals surface area contributed by atoms with Gasteiger partial charge in [-0.05, 0) is 47.6 Å². The molecule has 2 aliphatic heterocycles. The molecule has 0 bridgehead atoms. The fourth-order valence-corrected chi connectivity index (χ4v) is 4.44. The van der Waals surface area contributed by atoms with E-state index in [2.05, 4.69) is 10.3 Å². The predicted molar refractivity (Wildman–Crippen MR) is 133 cm³/mol. The number of aliphatic hydroxyl groups excluding tert-OH is 1. The maximum absolute atomic E-state index is 13.3. The molecule has 1 aromatic heterocycles. The number of aromatic amines is 1. The molecule has 16 heteroatoms. The van der Waals surface area contributed by atoms with Gasteiger partial charge in [-0.2, -0.15) is 0 Å². The molecule has 1 spiro atoms. The third-order valence-corrected chi connectivity index (χ3v) is 7.28. The van der Waals surface area contributed by atoms with Crippen LogP contribution in [0.2, 0.25) is 0 Å². The van der Waals surface area contributed by atoms with Gasteiger partial charge in [0.1, 0.15) is 22.4 Å². The monoisotopic (exact) mass is 579 g/mol.